The van der Waals surface area contributed by atoms with Gasteiger partial charge in [0.15, 0.2) is 0 Å². The van der Waals surface area contributed by atoms with Gasteiger partial charge in [0.2, 0.25) is 17.7 Å². The Hall–Kier alpha value is -3.12. The summed E-state index contributed by atoms with van der Waals surface area (Å²) in [6.07, 6.45) is -0.359. The fourth-order valence-corrected chi connectivity index (χ4v) is 2.87. The molecule has 0 bridgehead atoms. The van der Waals surface area contributed by atoms with Crippen LogP contribution in [0.1, 0.15) is 25.3 Å². The summed E-state index contributed by atoms with van der Waals surface area (Å²) in [7, 11) is 0. The molecule has 0 aliphatic rings. The van der Waals surface area contributed by atoms with E-state index < -0.39 is 53.8 Å². The Bertz CT molecular complexity index is 821. The lowest BCUT2D eigenvalue weighted by Gasteiger charge is -2.22. The number of nitrogens with two attached hydrogens (primary N) is 1. The number of amides is 3. The summed E-state index contributed by atoms with van der Waals surface area (Å²) in [5, 5.41) is 25.2. The van der Waals surface area contributed by atoms with Gasteiger partial charge >= 0.3 is 11.9 Å². The Balaban J connectivity index is 2.64. The van der Waals surface area contributed by atoms with Gasteiger partial charge in [-0.05, 0) is 18.9 Å². The number of carboxylic acids is 2. The van der Waals surface area contributed by atoms with Crippen LogP contribution in [0.4, 0.5) is 0 Å². The van der Waals surface area contributed by atoms with E-state index in [0.717, 1.165) is 0 Å². The summed E-state index contributed by atoms with van der Waals surface area (Å²) >= 11 is 4.01. The standard InChI is InChI=1S/C20H28N4O7S/c1-11(17(27)23-14(20(30)31)9-12-5-3-2-4-6-12)22-19(29)15(10-32)24-18(28)13(21)7-8-16(25)26/h2-6,11,13-15,32H,7-10,21H2,1H3,(H,22,29)(H,23,27)(H,24,28)(H,25,26)(H,30,31). The highest BCUT2D eigenvalue weighted by molar-refractivity contribution is 7.80. The second-order valence-corrected chi connectivity index (χ2v) is 7.47. The maximum atomic E-state index is 12.4. The summed E-state index contributed by atoms with van der Waals surface area (Å²) in [5.74, 6) is -4.62. The van der Waals surface area contributed by atoms with Gasteiger partial charge in [-0.3, -0.25) is 19.2 Å². The van der Waals surface area contributed by atoms with E-state index in [1.165, 1.54) is 6.92 Å². The second-order valence-electron chi connectivity index (χ2n) is 7.10. The number of carbonyl (C=O) groups is 5. The maximum absolute atomic E-state index is 12.4. The lowest BCUT2D eigenvalue weighted by Crippen LogP contribution is -2.57. The number of aliphatic carboxylic acids is 2. The predicted molar refractivity (Wildman–Crippen MR) is 118 cm³/mol. The topological polar surface area (TPSA) is 188 Å². The Labute approximate surface area is 190 Å². The highest BCUT2D eigenvalue weighted by Gasteiger charge is 2.28. The first kappa shape index (κ1) is 26.9. The number of nitrogens with one attached hydrogen (secondary N) is 3. The molecular weight excluding hydrogens is 440 g/mol. The van der Waals surface area contributed by atoms with Gasteiger partial charge in [0.25, 0.3) is 0 Å². The number of hydrogen-bond acceptors (Lipinski definition) is 7. The quantitative estimate of drug-likeness (QED) is 0.178. The molecule has 0 saturated heterocycles. The van der Waals surface area contributed by atoms with Crippen LogP contribution in [-0.4, -0.2) is 69.8 Å². The van der Waals surface area contributed by atoms with Gasteiger partial charge in [-0.15, -0.1) is 0 Å². The molecule has 1 aromatic carbocycles. The van der Waals surface area contributed by atoms with Crippen LogP contribution in [0, 0.1) is 0 Å². The number of thiol groups is 1. The first-order chi connectivity index (χ1) is 15.0. The third-order valence-electron chi connectivity index (χ3n) is 4.47. The van der Waals surface area contributed by atoms with E-state index in [9.17, 15) is 29.1 Å². The smallest absolute Gasteiger partial charge is 0.326 e. The molecule has 0 aliphatic carbocycles. The predicted octanol–water partition coefficient (Wildman–Crippen LogP) is -1.09. The SMILES string of the molecule is CC(NC(=O)C(CS)NC(=O)C(N)CCC(=O)O)C(=O)NC(Cc1ccccc1)C(=O)O. The average molecular weight is 469 g/mol. The molecular formula is C20H28N4O7S. The summed E-state index contributed by atoms with van der Waals surface area (Å²) in [6, 6.07) is 4.19. The Morgan fingerprint density at radius 2 is 1.53 bits per heavy atom. The van der Waals surface area contributed by atoms with Crippen molar-refractivity contribution in [3.05, 3.63) is 35.9 Å². The number of benzene rings is 1. The zero-order chi connectivity index (χ0) is 24.3. The van der Waals surface area contributed by atoms with E-state index in [0.29, 0.717) is 5.56 Å². The average Bonchev–Trinajstić information content (AvgIpc) is 2.75. The van der Waals surface area contributed by atoms with Crippen molar-refractivity contribution in [3.8, 4) is 0 Å². The van der Waals surface area contributed by atoms with Crippen molar-refractivity contribution in [2.24, 2.45) is 5.73 Å². The molecule has 1 aromatic rings. The molecule has 0 radical (unpaired) electrons. The lowest BCUT2D eigenvalue weighted by atomic mass is 10.1. The van der Waals surface area contributed by atoms with E-state index in [1.54, 1.807) is 30.3 Å². The molecule has 0 aromatic heterocycles. The van der Waals surface area contributed by atoms with E-state index in [1.807, 2.05) is 0 Å². The first-order valence-electron chi connectivity index (χ1n) is 9.81. The fourth-order valence-electron chi connectivity index (χ4n) is 2.61. The third-order valence-corrected chi connectivity index (χ3v) is 4.84. The van der Waals surface area contributed by atoms with Crippen LogP contribution in [0.3, 0.4) is 0 Å². The monoisotopic (exact) mass is 468 g/mol. The van der Waals surface area contributed by atoms with Crippen LogP contribution >= 0.6 is 12.6 Å². The second kappa shape index (κ2) is 13.3. The molecule has 4 unspecified atom stereocenters. The molecule has 0 aliphatic heterocycles. The van der Waals surface area contributed by atoms with Crippen molar-refractivity contribution in [1.29, 1.82) is 0 Å². The van der Waals surface area contributed by atoms with Crippen LogP contribution in [0.15, 0.2) is 30.3 Å². The summed E-state index contributed by atoms with van der Waals surface area (Å²) in [5.41, 5.74) is 6.33. The Morgan fingerprint density at radius 1 is 0.938 bits per heavy atom. The molecule has 1 rings (SSSR count). The van der Waals surface area contributed by atoms with Gasteiger partial charge in [-0.25, -0.2) is 4.79 Å². The molecule has 176 valence electrons. The number of carboxylic acid groups (broad SMARTS) is 2. The van der Waals surface area contributed by atoms with Crippen molar-refractivity contribution in [3.63, 3.8) is 0 Å². The molecule has 32 heavy (non-hydrogen) atoms. The van der Waals surface area contributed by atoms with Crippen molar-refractivity contribution >= 4 is 42.3 Å². The first-order valence-corrected chi connectivity index (χ1v) is 10.4. The fraction of sp³-hybridized carbons (Fsp3) is 0.450. The van der Waals surface area contributed by atoms with Gasteiger partial charge in [0.1, 0.15) is 18.1 Å². The lowest BCUT2D eigenvalue weighted by molar-refractivity contribution is -0.142. The van der Waals surface area contributed by atoms with E-state index in [2.05, 4.69) is 28.6 Å². The molecule has 4 atom stereocenters. The van der Waals surface area contributed by atoms with Crippen LogP contribution < -0.4 is 21.7 Å². The zero-order valence-corrected chi connectivity index (χ0v) is 18.4. The molecule has 3 amide bonds. The van der Waals surface area contributed by atoms with E-state index in [-0.39, 0.29) is 25.0 Å². The maximum Gasteiger partial charge on any atom is 0.326 e. The van der Waals surface area contributed by atoms with Gasteiger partial charge in [0, 0.05) is 18.6 Å². The van der Waals surface area contributed by atoms with Crippen LogP contribution in [-0.2, 0) is 30.4 Å². The zero-order valence-electron chi connectivity index (χ0n) is 17.5. The Morgan fingerprint density at radius 3 is 2.06 bits per heavy atom. The molecule has 7 N–H and O–H groups in total. The van der Waals surface area contributed by atoms with E-state index in [4.69, 9.17) is 10.8 Å². The molecule has 0 saturated carbocycles. The van der Waals surface area contributed by atoms with Crippen molar-refractivity contribution in [2.45, 2.75) is 50.4 Å². The van der Waals surface area contributed by atoms with Crippen molar-refractivity contribution in [1.82, 2.24) is 16.0 Å². The normalized spacial score (nSPS) is 14.3. The molecule has 0 spiro atoms. The minimum Gasteiger partial charge on any atom is -0.481 e. The molecule has 11 nitrogen and oxygen atoms in total. The summed E-state index contributed by atoms with van der Waals surface area (Å²) in [4.78, 5) is 59.0. The van der Waals surface area contributed by atoms with Crippen molar-refractivity contribution in [2.75, 3.05) is 5.75 Å². The van der Waals surface area contributed by atoms with Gasteiger partial charge in [0.05, 0.1) is 6.04 Å². The molecule has 0 heterocycles. The van der Waals surface area contributed by atoms with Crippen LogP contribution in [0.25, 0.3) is 0 Å². The van der Waals surface area contributed by atoms with E-state index >= 15 is 0 Å². The van der Waals surface area contributed by atoms with Gasteiger partial charge in [-0.2, -0.15) is 12.6 Å². The summed E-state index contributed by atoms with van der Waals surface area (Å²) < 4.78 is 0. The number of rotatable bonds is 13. The van der Waals surface area contributed by atoms with Gasteiger partial charge in [-0.1, -0.05) is 30.3 Å². The van der Waals surface area contributed by atoms with Crippen LogP contribution in [0.5, 0.6) is 0 Å². The Kier molecular flexibility index (Phi) is 11.2. The highest BCUT2D eigenvalue weighted by atomic mass is 32.1. The largest absolute Gasteiger partial charge is 0.481 e. The number of carbonyl (C=O) groups excluding carboxylic acids is 3. The van der Waals surface area contributed by atoms with Crippen LogP contribution in [0.2, 0.25) is 0 Å². The minimum atomic E-state index is -1.23. The van der Waals surface area contributed by atoms with Gasteiger partial charge < -0.3 is 31.9 Å². The molecule has 0 fully saturated rings. The van der Waals surface area contributed by atoms with Crippen molar-refractivity contribution < 1.29 is 34.2 Å². The number of hydrogen-bond donors (Lipinski definition) is 7. The molecule has 12 heteroatoms. The summed E-state index contributed by atoms with van der Waals surface area (Å²) in [6.45, 7) is 1.37. The highest BCUT2D eigenvalue weighted by Crippen LogP contribution is 2.04. The third kappa shape index (κ3) is 9.35. The minimum absolute atomic E-state index is 0.0616.